The van der Waals surface area contributed by atoms with E-state index in [2.05, 4.69) is 37.5 Å². The van der Waals surface area contributed by atoms with E-state index in [1.54, 1.807) is 7.11 Å². The maximum Gasteiger partial charge on any atom is 0.119 e. The molecule has 0 spiro atoms. The lowest BCUT2D eigenvalue weighted by Gasteiger charge is -2.16. The van der Waals surface area contributed by atoms with Gasteiger partial charge in [0.2, 0.25) is 0 Å². The van der Waals surface area contributed by atoms with E-state index < -0.39 is 0 Å². The molecule has 1 aromatic carbocycles. The smallest absolute Gasteiger partial charge is 0.119 e. The van der Waals surface area contributed by atoms with Crippen molar-refractivity contribution in [1.82, 2.24) is 5.32 Å². The topological polar surface area (TPSA) is 21.3 Å². The average Bonchev–Trinajstić information content (AvgIpc) is 2.38. The number of rotatable bonds is 8. The van der Waals surface area contributed by atoms with Gasteiger partial charge in [-0.2, -0.15) is 0 Å². The fourth-order valence-corrected chi connectivity index (χ4v) is 2.07. The molecule has 17 heavy (non-hydrogen) atoms. The molecule has 0 aromatic heterocycles. The van der Waals surface area contributed by atoms with Crippen LogP contribution in [0.5, 0.6) is 5.75 Å². The summed E-state index contributed by atoms with van der Waals surface area (Å²) in [5.74, 6) is 0.950. The Labute approximate surface area is 105 Å². The van der Waals surface area contributed by atoms with Crippen LogP contribution in [0.15, 0.2) is 24.3 Å². The molecule has 1 rings (SSSR count). The predicted molar refractivity (Wildman–Crippen MR) is 73.7 cm³/mol. The molecule has 0 aliphatic carbocycles. The van der Waals surface area contributed by atoms with Crippen molar-refractivity contribution in [3.63, 3.8) is 0 Å². The first-order chi connectivity index (χ1) is 8.30. The molecule has 96 valence electrons. The van der Waals surface area contributed by atoms with Gasteiger partial charge in [0.25, 0.3) is 0 Å². The van der Waals surface area contributed by atoms with Gasteiger partial charge in [0.15, 0.2) is 0 Å². The van der Waals surface area contributed by atoms with Crippen LogP contribution in [0.3, 0.4) is 0 Å². The number of hydrogen-bond acceptors (Lipinski definition) is 2. The molecule has 0 aliphatic rings. The summed E-state index contributed by atoms with van der Waals surface area (Å²) in [7, 11) is 3.77. The van der Waals surface area contributed by atoms with Crippen LogP contribution in [-0.2, 0) is 6.42 Å². The van der Waals surface area contributed by atoms with Gasteiger partial charge >= 0.3 is 0 Å². The first kappa shape index (κ1) is 14.0. The Kier molecular flexibility index (Phi) is 6.71. The first-order valence-electron chi connectivity index (χ1n) is 6.60. The van der Waals surface area contributed by atoms with Gasteiger partial charge < -0.3 is 10.1 Å². The van der Waals surface area contributed by atoms with Crippen LogP contribution in [0.1, 0.15) is 38.2 Å². The molecule has 1 aromatic rings. The molecule has 0 heterocycles. The van der Waals surface area contributed by atoms with Gasteiger partial charge in [-0.1, -0.05) is 38.3 Å². The second-order valence-corrected chi connectivity index (χ2v) is 4.54. The van der Waals surface area contributed by atoms with E-state index in [4.69, 9.17) is 4.74 Å². The van der Waals surface area contributed by atoms with E-state index in [9.17, 15) is 0 Å². The fraction of sp³-hybridized carbons (Fsp3) is 0.600. The molecule has 0 saturated carbocycles. The molecule has 0 amide bonds. The lowest BCUT2D eigenvalue weighted by atomic mass is 10.0. The summed E-state index contributed by atoms with van der Waals surface area (Å²) in [6.07, 6.45) is 6.26. The second-order valence-electron chi connectivity index (χ2n) is 4.54. The summed E-state index contributed by atoms with van der Waals surface area (Å²) in [6, 6.07) is 8.94. The van der Waals surface area contributed by atoms with E-state index in [1.807, 2.05) is 6.07 Å². The highest BCUT2D eigenvalue weighted by Gasteiger charge is 2.07. The number of methoxy groups -OCH3 is 1. The van der Waals surface area contributed by atoms with Crippen LogP contribution in [0.25, 0.3) is 0 Å². The zero-order valence-electron chi connectivity index (χ0n) is 11.3. The molecule has 0 saturated heterocycles. The monoisotopic (exact) mass is 235 g/mol. The van der Waals surface area contributed by atoms with Gasteiger partial charge in [-0.05, 0) is 37.6 Å². The zero-order chi connectivity index (χ0) is 12.5. The Hall–Kier alpha value is -1.02. The summed E-state index contributed by atoms with van der Waals surface area (Å²) < 4.78 is 5.25. The van der Waals surface area contributed by atoms with E-state index in [0.29, 0.717) is 6.04 Å². The second kappa shape index (κ2) is 8.13. The molecule has 0 bridgehead atoms. The number of benzene rings is 1. The Morgan fingerprint density at radius 1 is 1.29 bits per heavy atom. The molecular formula is C15H25NO. The number of nitrogens with one attached hydrogen (secondary N) is 1. The van der Waals surface area contributed by atoms with Crippen LogP contribution in [-0.4, -0.2) is 20.2 Å². The lowest BCUT2D eigenvalue weighted by molar-refractivity contribution is 0.413. The minimum atomic E-state index is 0.577. The van der Waals surface area contributed by atoms with Crippen molar-refractivity contribution in [2.75, 3.05) is 14.2 Å². The van der Waals surface area contributed by atoms with Crippen LogP contribution >= 0.6 is 0 Å². The number of ether oxygens (including phenoxy) is 1. The van der Waals surface area contributed by atoms with Crippen LogP contribution in [0, 0.1) is 0 Å². The lowest BCUT2D eigenvalue weighted by Crippen LogP contribution is -2.27. The highest BCUT2D eigenvalue weighted by molar-refractivity contribution is 5.28. The number of likely N-dealkylation sites (N-methyl/N-ethyl adjacent to an activating group) is 1. The third kappa shape index (κ3) is 5.22. The van der Waals surface area contributed by atoms with Crippen molar-refractivity contribution >= 4 is 0 Å². The van der Waals surface area contributed by atoms with Crippen molar-refractivity contribution < 1.29 is 4.74 Å². The van der Waals surface area contributed by atoms with Gasteiger partial charge in [0.1, 0.15) is 5.75 Å². The van der Waals surface area contributed by atoms with E-state index in [0.717, 1.165) is 12.2 Å². The summed E-state index contributed by atoms with van der Waals surface area (Å²) in [5.41, 5.74) is 1.35. The Morgan fingerprint density at radius 3 is 2.76 bits per heavy atom. The molecule has 1 unspecified atom stereocenters. The van der Waals surface area contributed by atoms with Crippen molar-refractivity contribution in [1.29, 1.82) is 0 Å². The highest BCUT2D eigenvalue weighted by atomic mass is 16.5. The maximum atomic E-state index is 5.25. The van der Waals surface area contributed by atoms with Gasteiger partial charge in [-0.25, -0.2) is 0 Å². The Bertz CT molecular complexity index is 312. The van der Waals surface area contributed by atoms with Gasteiger partial charge in [0.05, 0.1) is 7.11 Å². The number of unbranched alkanes of at least 4 members (excludes halogenated alkanes) is 2. The standard InChI is InChI=1S/C15H25NO/c1-4-5-6-9-14(16-2)11-13-8-7-10-15(12-13)17-3/h7-8,10,12,14,16H,4-6,9,11H2,1-3H3. The Morgan fingerprint density at radius 2 is 2.12 bits per heavy atom. The molecular weight excluding hydrogens is 210 g/mol. The normalized spacial score (nSPS) is 12.4. The summed E-state index contributed by atoms with van der Waals surface area (Å²) in [6.45, 7) is 2.25. The van der Waals surface area contributed by atoms with Gasteiger partial charge in [0, 0.05) is 6.04 Å². The Balaban J connectivity index is 2.48. The van der Waals surface area contributed by atoms with E-state index in [1.165, 1.54) is 31.2 Å². The fourth-order valence-electron chi connectivity index (χ4n) is 2.07. The third-order valence-corrected chi connectivity index (χ3v) is 3.18. The molecule has 0 fully saturated rings. The maximum absolute atomic E-state index is 5.25. The van der Waals surface area contributed by atoms with Crippen molar-refractivity contribution in [2.45, 2.75) is 45.1 Å². The van der Waals surface area contributed by atoms with Gasteiger partial charge in [-0.15, -0.1) is 0 Å². The average molecular weight is 235 g/mol. The number of hydrogen-bond donors (Lipinski definition) is 1. The molecule has 2 nitrogen and oxygen atoms in total. The summed E-state index contributed by atoms with van der Waals surface area (Å²) >= 11 is 0. The molecule has 0 aliphatic heterocycles. The van der Waals surface area contributed by atoms with Crippen LogP contribution < -0.4 is 10.1 Å². The molecule has 2 heteroatoms. The van der Waals surface area contributed by atoms with Crippen molar-refractivity contribution in [3.05, 3.63) is 29.8 Å². The molecule has 1 atom stereocenters. The SMILES string of the molecule is CCCCCC(Cc1cccc(OC)c1)NC. The first-order valence-corrected chi connectivity index (χ1v) is 6.60. The van der Waals surface area contributed by atoms with E-state index >= 15 is 0 Å². The van der Waals surface area contributed by atoms with Crippen molar-refractivity contribution in [3.8, 4) is 5.75 Å². The van der Waals surface area contributed by atoms with Crippen molar-refractivity contribution in [2.24, 2.45) is 0 Å². The molecule has 1 N–H and O–H groups in total. The van der Waals surface area contributed by atoms with E-state index in [-0.39, 0.29) is 0 Å². The summed E-state index contributed by atoms with van der Waals surface area (Å²) in [4.78, 5) is 0. The third-order valence-electron chi connectivity index (χ3n) is 3.18. The van der Waals surface area contributed by atoms with Gasteiger partial charge in [-0.3, -0.25) is 0 Å². The minimum Gasteiger partial charge on any atom is -0.497 e. The molecule has 0 radical (unpaired) electrons. The highest BCUT2D eigenvalue weighted by Crippen LogP contribution is 2.15. The van der Waals surface area contributed by atoms with Crippen LogP contribution in [0.2, 0.25) is 0 Å². The predicted octanol–water partition coefficient (Wildman–Crippen LogP) is 3.41. The quantitative estimate of drug-likeness (QED) is 0.697. The zero-order valence-corrected chi connectivity index (χ0v) is 11.3. The largest absolute Gasteiger partial charge is 0.497 e. The minimum absolute atomic E-state index is 0.577. The van der Waals surface area contributed by atoms with Crippen LogP contribution in [0.4, 0.5) is 0 Å². The summed E-state index contributed by atoms with van der Waals surface area (Å²) in [5, 5.41) is 3.41.